The first kappa shape index (κ1) is 9.39. The molecule has 0 aromatic carbocycles. The average Bonchev–Trinajstić information content (AvgIpc) is 2.01. The van der Waals surface area contributed by atoms with Gasteiger partial charge in [0.25, 0.3) is 0 Å². The topological polar surface area (TPSA) is 30.0 Å². The van der Waals surface area contributed by atoms with Gasteiger partial charge in [-0.15, -0.1) is 0 Å². The molecule has 12 heavy (non-hydrogen) atoms. The van der Waals surface area contributed by atoms with E-state index in [1.54, 1.807) is 6.92 Å². The van der Waals surface area contributed by atoms with E-state index in [-0.39, 0.29) is 5.78 Å². The molecule has 0 saturated heterocycles. The van der Waals surface area contributed by atoms with E-state index in [9.17, 15) is 4.79 Å². The molecule has 0 spiro atoms. The number of aromatic nitrogens is 1. The van der Waals surface area contributed by atoms with Gasteiger partial charge in [-0.3, -0.25) is 0 Å². The van der Waals surface area contributed by atoms with Crippen LogP contribution in [0.5, 0.6) is 0 Å². The van der Waals surface area contributed by atoms with Gasteiger partial charge in [0.2, 0.25) is 0 Å². The minimum absolute atomic E-state index is 0.205. The molecule has 1 heterocycles. The fourth-order valence-electron chi connectivity index (χ4n) is 0.894. The number of nitrogens with zero attached hydrogens (tertiary/aromatic N) is 1. The van der Waals surface area contributed by atoms with Crippen molar-refractivity contribution in [1.82, 2.24) is 4.98 Å². The average molecular weight is 228 g/mol. The Morgan fingerprint density at radius 1 is 1.58 bits per heavy atom. The number of rotatable bonds is 3. The fourth-order valence-corrected chi connectivity index (χ4v) is 1.27. The van der Waals surface area contributed by atoms with Gasteiger partial charge in [0.1, 0.15) is 10.4 Å². The third-order valence-corrected chi connectivity index (χ3v) is 1.95. The molecule has 3 heteroatoms. The maximum atomic E-state index is 10.7. The van der Waals surface area contributed by atoms with Crippen LogP contribution >= 0.6 is 15.9 Å². The van der Waals surface area contributed by atoms with Crippen molar-refractivity contribution < 1.29 is 4.79 Å². The molecule has 0 aliphatic rings. The Morgan fingerprint density at radius 2 is 2.33 bits per heavy atom. The largest absolute Gasteiger partial charge is 0.300 e. The van der Waals surface area contributed by atoms with E-state index < -0.39 is 0 Å². The van der Waals surface area contributed by atoms with E-state index in [1.165, 1.54) is 0 Å². The van der Waals surface area contributed by atoms with Crippen LogP contribution in [0.15, 0.2) is 22.8 Å². The SMILES string of the molecule is CC(=O)CCc1cccc(Br)n1. The summed E-state index contributed by atoms with van der Waals surface area (Å²) < 4.78 is 0.823. The summed E-state index contributed by atoms with van der Waals surface area (Å²) in [5.41, 5.74) is 0.958. The second kappa shape index (κ2) is 4.36. The van der Waals surface area contributed by atoms with Crippen LogP contribution in [0.3, 0.4) is 0 Å². The number of Topliss-reactive ketones (excluding diaryl/α,β-unsaturated/α-hetero) is 1. The minimum atomic E-state index is 0.205. The molecule has 0 amide bonds. The van der Waals surface area contributed by atoms with Crippen molar-refractivity contribution in [3.8, 4) is 0 Å². The Balaban J connectivity index is 2.57. The predicted molar refractivity (Wildman–Crippen MR) is 50.9 cm³/mol. The Bertz CT molecular complexity index is 286. The summed E-state index contributed by atoms with van der Waals surface area (Å²) in [5, 5.41) is 0. The number of carbonyl (C=O) groups excluding carboxylic acids is 1. The summed E-state index contributed by atoms with van der Waals surface area (Å²) in [7, 11) is 0. The zero-order valence-corrected chi connectivity index (χ0v) is 8.47. The zero-order chi connectivity index (χ0) is 8.97. The summed E-state index contributed by atoms with van der Waals surface area (Å²) in [6, 6.07) is 5.72. The number of hydrogen-bond acceptors (Lipinski definition) is 2. The highest BCUT2D eigenvalue weighted by molar-refractivity contribution is 9.10. The second-order valence-corrected chi connectivity index (χ2v) is 3.47. The molecule has 0 aliphatic heterocycles. The highest BCUT2D eigenvalue weighted by Gasteiger charge is 1.97. The van der Waals surface area contributed by atoms with Gasteiger partial charge in [0, 0.05) is 12.1 Å². The van der Waals surface area contributed by atoms with Crippen molar-refractivity contribution in [3.63, 3.8) is 0 Å². The summed E-state index contributed by atoms with van der Waals surface area (Å²) in [4.78, 5) is 14.9. The molecule has 64 valence electrons. The van der Waals surface area contributed by atoms with Crippen molar-refractivity contribution >= 4 is 21.7 Å². The van der Waals surface area contributed by atoms with Crippen LogP contribution in [0, 0.1) is 0 Å². The molecule has 0 fully saturated rings. The number of halogens is 1. The van der Waals surface area contributed by atoms with Gasteiger partial charge in [-0.2, -0.15) is 0 Å². The molecule has 2 nitrogen and oxygen atoms in total. The minimum Gasteiger partial charge on any atom is -0.300 e. The Morgan fingerprint density at radius 3 is 2.92 bits per heavy atom. The normalized spacial score (nSPS) is 9.83. The van der Waals surface area contributed by atoms with E-state index in [1.807, 2.05) is 18.2 Å². The van der Waals surface area contributed by atoms with Crippen molar-refractivity contribution in [2.75, 3.05) is 0 Å². The van der Waals surface area contributed by atoms with Gasteiger partial charge >= 0.3 is 0 Å². The lowest BCUT2D eigenvalue weighted by molar-refractivity contribution is -0.116. The Labute approximate surface area is 80.1 Å². The predicted octanol–water partition coefficient (Wildman–Crippen LogP) is 2.37. The molecule has 0 N–H and O–H groups in total. The molecule has 0 aliphatic carbocycles. The molecule has 0 radical (unpaired) electrons. The zero-order valence-electron chi connectivity index (χ0n) is 6.88. The highest BCUT2D eigenvalue weighted by atomic mass is 79.9. The van der Waals surface area contributed by atoms with Gasteiger partial charge in [-0.25, -0.2) is 4.98 Å². The van der Waals surface area contributed by atoms with Crippen LogP contribution in [0.25, 0.3) is 0 Å². The van der Waals surface area contributed by atoms with Crippen LogP contribution in [0.1, 0.15) is 19.0 Å². The molecular formula is C9H10BrNO. The maximum Gasteiger partial charge on any atom is 0.130 e. The van der Waals surface area contributed by atoms with Crippen molar-refractivity contribution in [1.29, 1.82) is 0 Å². The fraction of sp³-hybridized carbons (Fsp3) is 0.333. The van der Waals surface area contributed by atoms with Crippen LogP contribution in [-0.2, 0) is 11.2 Å². The first-order chi connectivity index (χ1) is 5.68. The quantitative estimate of drug-likeness (QED) is 0.743. The van der Waals surface area contributed by atoms with Gasteiger partial charge in [0.15, 0.2) is 0 Å². The van der Waals surface area contributed by atoms with E-state index in [4.69, 9.17) is 0 Å². The molecule has 1 aromatic heterocycles. The molecule has 0 saturated carbocycles. The van der Waals surface area contributed by atoms with Crippen LogP contribution in [0.2, 0.25) is 0 Å². The summed E-state index contributed by atoms with van der Waals surface area (Å²) >= 11 is 3.27. The molecule has 0 unspecified atom stereocenters. The molecular weight excluding hydrogens is 218 g/mol. The van der Waals surface area contributed by atoms with Crippen molar-refractivity contribution in [3.05, 3.63) is 28.5 Å². The lowest BCUT2D eigenvalue weighted by Crippen LogP contribution is -1.96. The standard InChI is InChI=1S/C9H10BrNO/c1-7(12)5-6-8-3-2-4-9(10)11-8/h2-4H,5-6H2,1H3. The Hall–Kier alpha value is -0.700. The van der Waals surface area contributed by atoms with Crippen molar-refractivity contribution in [2.45, 2.75) is 19.8 Å². The molecule has 0 bridgehead atoms. The number of hydrogen-bond donors (Lipinski definition) is 0. The smallest absolute Gasteiger partial charge is 0.130 e. The molecule has 1 rings (SSSR count). The second-order valence-electron chi connectivity index (χ2n) is 2.65. The van der Waals surface area contributed by atoms with E-state index in [0.29, 0.717) is 6.42 Å². The summed E-state index contributed by atoms with van der Waals surface area (Å²) in [6.45, 7) is 1.60. The van der Waals surface area contributed by atoms with Gasteiger partial charge in [-0.05, 0) is 41.4 Å². The monoisotopic (exact) mass is 227 g/mol. The van der Waals surface area contributed by atoms with E-state index in [2.05, 4.69) is 20.9 Å². The lowest BCUT2D eigenvalue weighted by Gasteiger charge is -1.97. The number of carbonyl (C=O) groups is 1. The summed E-state index contributed by atoms with van der Waals surface area (Å²) in [5.74, 6) is 0.205. The third kappa shape index (κ3) is 3.13. The molecule has 0 atom stereocenters. The first-order valence-corrected chi connectivity index (χ1v) is 4.58. The lowest BCUT2D eigenvalue weighted by atomic mass is 10.2. The third-order valence-electron chi connectivity index (χ3n) is 1.51. The molecule has 1 aromatic rings. The number of pyridine rings is 1. The van der Waals surface area contributed by atoms with E-state index >= 15 is 0 Å². The van der Waals surface area contributed by atoms with Gasteiger partial charge in [0.05, 0.1) is 0 Å². The van der Waals surface area contributed by atoms with Gasteiger partial charge < -0.3 is 4.79 Å². The summed E-state index contributed by atoms with van der Waals surface area (Å²) in [6.07, 6.45) is 1.30. The van der Waals surface area contributed by atoms with Gasteiger partial charge in [-0.1, -0.05) is 6.07 Å². The number of ketones is 1. The first-order valence-electron chi connectivity index (χ1n) is 3.79. The Kier molecular flexibility index (Phi) is 3.41. The van der Waals surface area contributed by atoms with Crippen LogP contribution < -0.4 is 0 Å². The van der Waals surface area contributed by atoms with Crippen LogP contribution in [-0.4, -0.2) is 10.8 Å². The highest BCUT2D eigenvalue weighted by Crippen LogP contribution is 2.07. The van der Waals surface area contributed by atoms with E-state index in [0.717, 1.165) is 16.7 Å². The number of aryl methyl sites for hydroxylation is 1. The van der Waals surface area contributed by atoms with Crippen LogP contribution in [0.4, 0.5) is 0 Å². The maximum absolute atomic E-state index is 10.7. The van der Waals surface area contributed by atoms with Crippen molar-refractivity contribution in [2.24, 2.45) is 0 Å².